The first kappa shape index (κ1) is 21.9. The number of thioether (sulfide) groups is 1. The Labute approximate surface area is 200 Å². The quantitative estimate of drug-likeness (QED) is 0.350. The lowest BCUT2D eigenvalue weighted by atomic mass is 10.0. The van der Waals surface area contributed by atoms with E-state index >= 15 is 0 Å². The zero-order chi connectivity index (χ0) is 22.1. The predicted molar refractivity (Wildman–Crippen MR) is 130 cm³/mol. The van der Waals surface area contributed by atoms with E-state index in [1.54, 1.807) is 12.1 Å². The van der Waals surface area contributed by atoms with E-state index in [1.807, 2.05) is 49.4 Å². The molecule has 3 aromatic carbocycles. The lowest BCUT2D eigenvalue weighted by Gasteiger charge is -2.14. The number of aromatic hydroxyl groups is 1. The first-order valence-electron chi connectivity index (χ1n) is 9.46. The van der Waals surface area contributed by atoms with Gasteiger partial charge in [0.2, 0.25) is 0 Å². The number of rotatable bonds is 5. The normalized spacial score (nSPS) is 15.3. The minimum Gasteiger partial charge on any atom is -0.503 e. The second-order valence-electron chi connectivity index (χ2n) is 6.78. The molecule has 31 heavy (non-hydrogen) atoms. The first-order valence-corrected chi connectivity index (χ1v) is 11.9. The molecule has 1 heterocycles. The van der Waals surface area contributed by atoms with Crippen LogP contribution in [0.15, 0.2) is 62.4 Å². The van der Waals surface area contributed by atoms with Gasteiger partial charge in [-0.15, -0.1) is 0 Å². The summed E-state index contributed by atoms with van der Waals surface area (Å²) in [7, 11) is 0. The van der Waals surface area contributed by atoms with Gasteiger partial charge in [0.1, 0.15) is 0 Å². The van der Waals surface area contributed by atoms with Crippen molar-refractivity contribution in [3.05, 3.63) is 73.5 Å². The summed E-state index contributed by atoms with van der Waals surface area (Å²) in [5.41, 5.74) is 1.53. The summed E-state index contributed by atoms with van der Waals surface area (Å²) in [4.78, 5) is 27.3. The van der Waals surface area contributed by atoms with E-state index in [2.05, 4.69) is 31.9 Å². The second-order valence-corrected chi connectivity index (χ2v) is 9.36. The number of fused-ring (bicyclic) bond motifs is 1. The number of hydrogen-bond acceptors (Lipinski definition) is 5. The monoisotopic (exact) mass is 561 g/mol. The van der Waals surface area contributed by atoms with Crippen LogP contribution in [-0.4, -0.2) is 27.8 Å². The highest BCUT2D eigenvalue weighted by Gasteiger charge is 2.35. The average molecular weight is 563 g/mol. The first-order chi connectivity index (χ1) is 14.9. The van der Waals surface area contributed by atoms with Gasteiger partial charge < -0.3 is 9.84 Å². The number of nitrogens with zero attached hydrogens (tertiary/aromatic N) is 1. The van der Waals surface area contributed by atoms with Gasteiger partial charge in [0, 0.05) is 4.47 Å². The summed E-state index contributed by atoms with van der Waals surface area (Å²) in [6, 6.07) is 15.4. The molecule has 0 bridgehead atoms. The second kappa shape index (κ2) is 9.06. The Bertz CT molecular complexity index is 1240. The smallest absolute Gasteiger partial charge is 0.293 e. The topological polar surface area (TPSA) is 66.8 Å². The van der Waals surface area contributed by atoms with Gasteiger partial charge in [-0.3, -0.25) is 14.5 Å². The fraction of sp³-hybridized carbons (Fsp3) is 0.130. The highest BCUT2D eigenvalue weighted by Crippen LogP contribution is 2.44. The molecule has 0 aliphatic carbocycles. The molecule has 0 spiro atoms. The van der Waals surface area contributed by atoms with Gasteiger partial charge in [-0.1, -0.05) is 42.5 Å². The number of carbonyl (C=O) groups is 2. The summed E-state index contributed by atoms with van der Waals surface area (Å²) in [6.07, 6.45) is 1.63. The molecule has 0 radical (unpaired) electrons. The molecular weight excluding hydrogens is 546 g/mol. The number of phenols is 1. The number of imide groups is 1. The van der Waals surface area contributed by atoms with E-state index in [-0.39, 0.29) is 23.4 Å². The molecule has 1 saturated heterocycles. The minimum atomic E-state index is -0.350. The summed E-state index contributed by atoms with van der Waals surface area (Å²) in [5, 5.41) is 12.0. The van der Waals surface area contributed by atoms with Crippen LogP contribution >= 0.6 is 43.6 Å². The lowest BCUT2D eigenvalue weighted by Crippen LogP contribution is -2.27. The standard InChI is InChI=1S/C23H17Br2NO4S/c1-2-30-17-10-15(19(24)20(25)21(17)27)11-18-22(28)26(23(29)31-18)12-14-8-5-7-13-6-3-4-9-16(13)14/h3-11,27H,2,12H2,1H3/b18-11+. The molecule has 2 amide bonds. The third kappa shape index (κ3) is 4.24. The van der Waals surface area contributed by atoms with Crippen LogP contribution in [0.3, 0.4) is 0 Å². The van der Waals surface area contributed by atoms with Crippen LogP contribution in [0.25, 0.3) is 16.8 Å². The van der Waals surface area contributed by atoms with E-state index in [0.717, 1.165) is 28.1 Å². The molecule has 0 aromatic heterocycles. The molecule has 5 nitrogen and oxygen atoms in total. The predicted octanol–water partition coefficient (Wildman–Crippen LogP) is 6.71. The molecule has 3 aromatic rings. The average Bonchev–Trinajstić information content (AvgIpc) is 3.03. The fourth-order valence-corrected chi connectivity index (χ4v) is 5.03. The van der Waals surface area contributed by atoms with Crippen molar-refractivity contribution in [3.8, 4) is 11.5 Å². The van der Waals surface area contributed by atoms with Crippen LogP contribution in [0.2, 0.25) is 0 Å². The summed E-state index contributed by atoms with van der Waals surface area (Å²) in [5.74, 6) is -0.0919. The zero-order valence-electron chi connectivity index (χ0n) is 16.4. The van der Waals surface area contributed by atoms with Crippen molar-refractivity contribution in [3.63, 3.8) is 0 Å². The van der Waals surface area contributed by atoms with Gasteiger partial charge in [0.05, 0.1) is 22.5 Å². The molecular formula is C23H17Br2NO4S. The van der Waals surface area contributed by atoms with E-state index in [4.69, 9.17) is 4.74 Å². The van der Waals surface area contributed by atoms with Gasteiger partial charge >= 0.3 is 0 Å². The maximum absolute atomic E-state index is 13.0. The number of carbonyl (C=O) groups excluding carboxylic acids is 2. The SMILES string of the molecule is CCOc1cc(/C=C2/SC(=O)N(Cc3cccc4ccccc34)C2=O)c(Br)c(Br)c1O. The lowest BCUT2D eigenvalue weighted by molar-refractivity contribution is -0.123. The zero-order valence-corrected chi connectivity index (χ0v) is 20.4. The maximum atomic E-state index is 13.0. The number of benzene rings is 3. The van der Waals surface area contributed by atoms with Gasteiger partial charge in [0.25, 0.3) is 11.1 Å². The van der Waals surface area contributed by atoms with Crippen LogP contribution < -0.4 is 4.74 Å². The van der Waals surface area contributed by atoms with Crippen LogP contribution in [0.1, 0.15) is 18.1 Å². The summed E-state index contributed by atoms with van der Waals surface area (Å²) >= 11 is 7.66. The van der Waals surface area contributed by atoms with Crippen LogP contribution in [0.5, 0.6) is 11.5 Å². The molecule has 1 aliphatic heterocycles. The van der Waals surface area contributed by atoms with Crippen LogP contribution in [0, 0.1) is 0 Å². The van der Waals surface area contributed by atoms with Crippen molar-refractivity contribution in [2.24, 2.45) is 0 Å². The fourth-order valence-electron chi connectivity index (χ4n) is 3.36. The molecule has 1 N–H and O–H groups in total. The van der Waals surface area contributed by atoms with Crippen molar-refractivity contribution >= 4 is 71.6 Å². The van der Waals surface area contributed by atoms with Crippen molar-refractivity contribution in [2.75, 3.05) is 6.61 Å². The third-order valence-corrected chi connectivity index (χ3v) is 7.91. The van der Waals surface area contributed by atoms with E-state index in [1.165, 1.54) is 4.90 Å². The minimum absolute atomic E-state index is 0.0325. The molecule has 0 atom stereocenters. The van der Waals surface area contributed by atoms with Crippen molar-refractivity contribution < 1.29 is 19.4 Å². The number of ether oxygens (including phenoxy) is 1. The Morgan fingerprint density at radius 3 is 2.61 bits per heavy atom. The Balaban J connectivity index is 1.67. The Kier molecular flexibility index (Phi) is 6.41. The van der Waals surface area contributed by atoms with Crippen LogP contribution in [-0.2, 0) is 11.3 Å². The van der Waals surface area contributed by atoms with E-state index in [9.17, 15) is 14.7 Å². The van der Waals surface area contributed by atoms with Crippen molar-refractivity contribution in [2.45, 2.75) is 13.5 Å². The molecule has 8 heteroatoms. The van der Waals surface area contributed by atoms with Crippen molar-refractivity contribution in [1.82, 2.24) is 4.90 Å². The number of phenolic OH excluding ortho intramolecular Hbond substituents is 1. The largest absolute Gasteiger partial charge is 0.503 e. The Morgan fingerprint density at radius 1 is 1.10 bits per heavy atom. The van der Waals surface area contributed by atoms with Gasteiger partial charge in [-0.25, -0.2) is 0 Å². The molecule has 4 rings (SSSR count). The highest BCUT2D eigenvalue weighted by atomic mass is 79.9. The number of halogens is 2. The van der Waals surface area contributed by atoms with Gasteiger partial charge in [-0.2, -0.15) is 0 Å². The van der Waals surface area contributed by atoms with Gasteiger partial charge in [0.15, 0.2) is 11.5 Å². The molecule has 0 saturated carbocycles. The number of amides is 2. The molecule has 0 unspecified atom stereocenters. The molecule has 158 valence electrons. The summed E-state index contributed by atoms with van der Waals surface area (Å²) in [6.45, 7) is 2.39. The molecule has 1 fully saturated rings. The molecule has 1 aliphatic rings. The highest BCUT2D eigenvalue weighted by molar-refractivity contribution is 9.13. The van der Waals surface area contributed by atoms with Crippen molar-refractivity contribution in [1.29, 1.82) is 0 Å². The van der Waals surface area contributed by atoms with Gasteiger partial charge in [-0.05, 0) is 84.6 Å². The third-order valence-electron chi connectivity index (χ3n) is 4.84. The Hall–Kier alpha value is -2.29. The van der Waals surface area contributed by atoms with E-state index in [0.29, 0.717) is 31.8 Å². The maximum Gasteiger partial charge on any atom is 0.293 e. The van der Waals surface area contributed by atoms with E-state index < -0.39 is 0 Å². The van der Waals surface area contributed by atoms with Crippen LogP contribution in [0.4, 0.5) is 4.79 Å². The number of hydrogen-bond donors (Lipinski definition) is 1. The Morgan fingerprint density at radius 2 is 1.84 bits per heavy atom. The summed E-state index contributed by atoms with van der Waals surface area (Å²) < 4.78 is 6.45.